The molecule has 0 aromatic heterocycles. The molecule has 0 saturated carbocycles. The van der Waals surface area contributed by atoms with Gasteiger partial charge in [0.1, 0.15) is 6.04 Å². The van der Waals surface area contributed by atoms with E-state index in [1.807, 2.05) is 48.5 Å². The highest BCUT2D eigenvalue weighted by molar-refractivity contribution is 5.81. The fourth-order valence-electron chi connectivity index (χ4n) is 2.50. The number of carbonyl (C=O) groups excluding carboxylic acids is 1. The maximum absolute atomic E-state index is 11.8. The number of hydrogen-bond acceptors (Lipinski definition) is 2. The van der Waals surface area contributed by atoms with E-state index in [0.717, 1.165) is 11.1 Å². The summed E-state index contributed by atoms with van der Waals surface area (Å²) in [6, 6.07) is 19.3. The van der Waals surface area contributed by atoms with Gasteiger partial charge in [-0.15, -0.1) is 0 Å². The lowest BCUT2D eigenvalue weighted by Gasteiger charge is -2.27. The molecule has 0 bridgehead atoms. The number of benzene rings is 2. The van der Waals surface area contributed by atoms with E-state index < -0.39 is 6.04 Å². The van der Waals surface area contributed by atoms with Gasteiger partial charge in [0.25, 0.3) is 0 Å². The van der Waals surface area contributed by atoms with Crippen molar-refractivity contribution in [2.45, 2.75) is 25.9 Å². The maximum atomic E-state index is 11.8. The van der Waals surface area contributed by atoms with Crippen molar-refractivity contribution in [1.29, 1.82) is 0 Å². The number of amides is 1. The Kier molecular flexibility index (Phi) is 5.12. The highest BCUT2D eigenvalue weighted by Gasteiger charge is 2.24. The maximum Gasteiger partial charge on any atom is 0.239 e. The van der Waals surface area contributed by atoms with Gasteiger partial charge in [0.05, 0.1) is 0 Å². The van der Waals surface area contributed by atoms with E-state index in [4.69, 9.17) is 5.73 Å². The minimum absolute atomic E-state index is 0.0731. The average Bonchev–Trinajstić information content (AvgIpc) is 2.49. The molecule has 0 saturated heterocycles. The summed E-state index contributed by atoms with van der Waals surface area (Å²) in [5.74, 6) is -0.0132. The molecule has 0 spiro atoms. The second-order valence-corrected chi connectivity index (χ2v) is 5.55. The molecule has 3 nitrogen and oxygen atoms in total. The summed E-state index contributed by atoms with van der Waals surface area (Å²) in [6.45, 7) is 4.27. The standard InChI is InChI=1S/C18H22N2O/c1-13(2)16(14-9-5-3-6-10-14)20-17(18(19)21)15-11-7-4-8-12-15/h3-13,16-17,20H,1-2H3,(H2,19,21)/t16-,17-/m1/s1. The lowest BCUT2D eigenvalue weighted by Crippen LogP contribution is -2.37. The quantitative estimate of drug-likeness (QED) is 0.855. The smallest absolute Gasteiger partial charge is 0.239 e. The summed E-state index contributed by atoms with van der Waals surface area (Å²) in [5, 5.41) is 3.41. The second kappa shape index (κ2) is 7.04. The van der Waals surface area contributed by atoms with E-state index in [1.165, 1.54) is 0 Å². The number of carbonyl (C=O) groups is 1. The summed E-state index contributed by atoms with van der Waals surface area (Å²) in [4.78, 5) is 11.8. The van der Waals surface area contributed by atoms with E-state index in [0.29, 0.717) is 5.92 Å². The summed E-state index contributed by atoms with van der Waals surface area (Å²) in [5.41, 5.74) is 7.65. The van der Waals surface area contributed by atoms with Crippen LogP contribution < -0.4 is 11.1 Å². The first kappa shape index (κ1) is 15.3. The van der Waals surface area contributed by atoms with Crippen LogP contribution in [0.1, 0.15) is 37.1 Å². The molecule has 0 radical (unpaired) electrons. The first-order chi connectivity index (χ1) is 10.1. The fraction of sp³-hybridized carbons (Fsp3) is 0.278. The van der Waals surface area contributed by atoms with Gasteiger partial charge in [-0.2, -0.15) is 0 Å². The van der Waals surface area contributed by atoms with Gasteiger partial charge in [0.2, 0.25) is 5.91 Å². The summed E-state index contributed by atoms with van der Waals surface area (Å²) < 4.78 is 0. The van der Waals surface area contributed by atoms with Crippen LogP contribution in [0.15, 0.2) is 60.7 Å². The summed E-state index contributed by atoms with van der Waals surface area (Å²) in [7, 11) is 0. The number of hydrogen-bond donors (Lipinski definition) is 2. The Morgan fingerprint density at radius 3 is 1.81 bits per heavy atom. The molecule has 1 amide bonds. The third kappa shape index (κ3) is 3.92. The van der Waals surface area contributed by atoms with Crippen LogP contribution in [0.3, 0.4) is 0 Å². The van der Waals surface area contributed by atoms with E-state index in [1.54, 1.807) is 0 Å². The molecule has 2 aromatic rings. The van der Waals surface area contributed by atoms with Crippen molar-refractivity contribution < 1.29 is 4.79 Å². The Balaban J connectivity index is 2.27. The Labute approximate surface area is 126 Å². The monoisotopic (exact) mass is 282 g/mol. The van der Waals surface area contributed by atoms with Crippen molar-refractivity contribution in [1.82, 2.24) is 5.32 Å². The normalized spacial score (nSPS) is 13.9. The van der Waals surface area contributed by atoms with Gasteiger partial charge in [-0.1, -0.05) is 74.5 Å². The summed E-state index contributed by atoms with van der Waals surface area (Å²) >= 11 is 0. The van der Waals surface area contributed by atoms with Crippen LogP contribution in [0, 0.1) is 5.92 Å². The largest absolute Gasteiger partial charge is 0.368 e. The van der Waals surface area contributed by atoms with Crippen molar-refractivity contribution in [2.24, 2.45) is 11.7 Å². The van der Waals surface area contributed by atoms with Crippen molar-refractivity contribution in [3.8, 4) is 0 Å². The minimum atomic E-state index is -0.487. The Bertz CT molecular complexity index is 566. The predicted octanol–water partition coefficient (Wildman–Crippen LogP) is 3.20. The molecule has 2 atom stereocenters. The van der Waals surface area contributed by atoms with Gasteiger partial charge in [0, 0.05) is 6.04 Å². The third-order valence-electron chi connectivity index (χ3n) is 3.59. The number of primary amides is 1. The van der Waals surface area contributed by atoms with E-state index >= 15 is 0 Å². The highest BCUT2D eigenvalue weighted by Crippen LogP contribution is 2.25. The van der Waals surface area contributed by atoms with Gasteiger partial charge in [-0.3, -0.25) is 10.1 Å². The van der Waals surface area contributed by atoms with Crippen LogP contribution in [0.5, 0.6) is 0 Å². The van der Waals surface area contributed by atoms with Crippen molar-refractivity contribution in [2.75, 3.05) is 0 Å². The molecule has 21 heavy (non-hydrogen) atoms. The molecular formula is C18H22N2O. The van der Waals surface area contributed by atoms with Crippen LogP contribution in [-0.2, 0) is 4.79 Å². The molecule has 0 unspecified atom stereocenters. The molecule has 0 fully saturated rings. The van der Waals surface area contributed by atoms with Crippen molar-refractivity contribution in [3.63, 3.8) is 0 Å². The van der Waals surface area contributed by atoms with Gasteiger partial charge in [0.15, 0.2) is 0 Å². The number of rotatable bonds is 6. The van der Waals surface area contributed by atoms with Crippen LogP contribution in [0.25, 0.3) is 0 Å². The zero-order valence-corrected chi connectivity index (χ0v) is 12.5. The lowest BCUT2D eigenvalue weighted by molar-refractivity contribution is -0.120. The van der Waals surface area contributed by atoms with Gasteiger partial charge >= 0.3 is 0 Å². The molecule has 0 aliphatic heterocycles. The first-order valence-corrected chi connectivity index (χ1v) is 7.25. The topological polar surface area (TPSA) is 55.1 Å². The predicted molar refractivity (Wildman–Crippen MR) is 85.5 cm³/mol. The van der Waals surface area contributed by atoms with Crippen LogP contribution in [0.2, 0.25) is 0 Å². The SMILES string of the molecule is CC(C)[C@@H](N[C@@H](C(N)=O)c1ccccc1)c1ccccc1. The number of nitrogens with one attached hydrogen (secondary N) is 1. The van der Waals surface area contributed by atoms with Gasteiger partial charge in [-0.05, 0) is 17.0 Å². The Morgan fingerprint density at radius 1 is 0.905 bits per heavy atom. The van der Waals surface area contributed by atoms with E-state index in [-0.39, 0.29) is 11.9 Å². The molecule has 3 heteroatoms. The Hall–Kier alpha value is -2.13. The molecule has 110 valence electrons. The number of nitrogens with two attached hydrogens (primary N) is 1. The zero-order chi connectivity index (χ0) is 15.2. The molecule has 0 aliphatic rings. The zero-order valence-electron chi connectivity index (χ0n) is 12.5. The first-order valence-electron chi connectivity index (χ1n) is 7.25. The molecular weight excluding hydrogens is 260 g/mol. The molecule has 3 N–H and O–H groups in total. The molecule has 0 heterocycles. The van der Waals surface area contributed by atoms with E-state index in [9.17, 15) is 4.79 Å². The van der Waals surface area contributed by atoms with E-state index in [2.05, 4.69) is 31.3 Å². The van der Waals surface area contributed by atoms with Crippen molar-refractivity contribution in [3.05, 3.63) is 71.8 Å². The molecule has 0 aliphatic carbocycles. The summed E-state index contributed by atoms with van der Waals surface area (Å²) in [6.07, 6.45) is 0. The fourth-order valence-corrected chi connectivity index (χ4v) is 2.50. The highest BCUT2D eigenvalue weighted by atomic mass is 16.1. The van der Waals surface area contributed by atoms with Crippen LogP contribution in [0.4, 0.5) is 0 Å². The van der Waals surface area contributed by atoms with Crippen molar-refractivity contribution >= 4 is 5.91 Å². The third-order valence-corrected chi connectivity index (χ3v) is 3.59. The lowest BCUT2D eigenvalue weighted by atomic mass is 9.94. The molecule has 2 rings (SSSR count). The molecule has 2 aromatic carbocycles. The Morgan fingerprint density at radius 2 is 1.38 bits per heavy atom. The van der Waals surface area contributed by atoms with Crippen LogP contribution in [-0.4, -0.2) is 5.91 Å². The van der Waals surface area contributed by atoms with Gasteiger partial charge in [-0.25, -0.2) is 0 Å². The second-order valence-electron chi connectivity index (χ2n) is 5.55. The average molecular weight is 282 g/mol. The van der Waals surface area contributed by atoms with Gasteiger partial charge < -0.3 is 5.73 Å². The van der Waals surface area contributed by atoms with Crippen LogP contribution >= 0.6 is 0 Å². The minimum Gasteiger partial charge on any atom is -0.368 e.